The average Bonchev–Trinajstić information content (AvgIpc) is 2.46. The molecule has 0 radical (unpaired) electrons. The zero-order valence-electron chi connectivity index (χ0n) is 11.9. The maximum Gasteiger partial charge on any atom is 0.128 e. The van der Waals surface area contributed by atoms with E-state index in [1.54, 1.807) is 26.2 Å². The van der Waals surface area contributed by atoms with E-state index in [0.717, 1.165) is 0 Å². The van der Waals surface area contributed by atoms with Crippen LogP contribution >= 0.6 is 0 Å². The molecule has 21 heavy (non-hydrogen) atoms. The maximum absolute atomic E-state index is 10.1. The Hall–Kier alpha value is -2.82. The Labute approximate surface area is 123 Å². The summed E-state index contributed by atoms with van der Waals surface area (Å²) in [4.78, 5) is 8.50. The van der Waals surface area contributed by atoms with Crippen LogP contribution in [0.5, 0.6) is 11.5 Å². The number of nitrogens with two attached hydrogens (primary N) is 1. The van der Waals surface area contributed by atoms with Crippen LogP contribution in [-0.2, 0) is 0 Å². The second-order valence-corrected chi connectivity index (χ2v) is 4.52. The van der Waals surface area contributed by atoms with Crippen molar-refractivity contribution >= 4 is 11.3 Å². The first kappa shape index (κ1) is 14.6. The number of nitrogens with zero attached hydrogens (tertiary/aromatic N) is 2. The lowest BCUT2D eigenvalue weighted by Crippen LogP contribution is -2.10. The molecule has 1 heterocycles. The first-order valence-electron chi connectivity index (χ1n) is 6.42. The van der Waals surface area contributed by atoms with Gasteiger partial charge in [-0.15, -0.1) is 0 Å². The quantitative estimate of drug-likeness (QED) is 0.753. The summed E-state index contributed by atoms with van der Waals surface area (Å²) < 4.78 is 0. The molecule has 0 amide bonds. The van der Waals surface area contributed by atoms with E-state index >= 15 is 0 Å². The summed E-state index contributed by atoms with van der Waals surface area (Å²) in [5, 5.41) is 19.7. The van der Waals surface area contributed by atoms with E-state index in [2.05, 4.69) is 9.98 Å². The molecule has 0 bridgehead atoms. The lowest BCUT2D eigenvalue weighted by atomic mass is 9.95. The summed E-state index contributed by atoms with van der Waals surface area (Å²) in [5.74, 6) is -0.0521. The van der Waals surface area contributed by atoms with Gasteiger partial charge in [-0.3, -0.25) is 9.98 Å². The molecule has 5 heteroatoms. The number of phenols is 2. The van der Waals surface area contributed by atoms with Crippen molar-refractivity contribution in [3.63, 3.8) is 0 Å². The number of benzene rings is 1. The van der Waals surface area contributed by atoms with Gasteiger partial charge in [0.15, 0.2) is 0 Å². The highest BCUT2D eigenvalue weighted by Gasteiger charge is 2.18. The molecular formula is C16H17N3O2. The zero-order chi connectivity index (χ0) is 15.4. The molecule has 4 N–H and O–H groups in total. The minimum atomic E-state index is -0.0524. The number of aromatic nitrogens is 1. The third-order valence-corrected chi connectivity index (χ3v) is 3.12. The van der Waals surface area contributed by atoms with E-state index in [9.17, 15) is 10.2 Å². The summed E-state index contributed by atoms with van der Waals surface area (Å²) in [6.45, 7) is 1.78. The highest BCUT2D eigenvalue weighted by Crippen LogP contribution is 2.31. The summed E-state index contributed by atoms with van der Waals surface area (Å²) in [5.41, 5.74) is 8.75. The number of allylic oxidation sites excluding steroid dienone is 1. The van der Waals surface area contributed by atoms with Gasteiger partial charge in [0.05, 0.1) is 11.4 Å². The zero-order valence-corrected chi connectivity index (χ0v) is 11.9. The molecule has 0 atom stereocenters. The normalized spacial score (nSPS) is 12.5. The molecule has 2 aromatic rings. The standard InChI is InChI=1S/C16H17N3O2/c1-10-7-11(20)8-14(21)15(10)16(18-2)12(9-17)13-5-3-4-6-19-13/h3-9,20-21H,17H2,1-2H3/b12-9-,18-16+. The van der Waals surface area contributed by atoms with Gasteiger partial charge in [0.1, 0.15) is 11.5 Å². The van der Waals surface area contributed by atoms with Gasteiger partial charge in [0, 0.05) is 36.6 Å². The van der Waals surface area contributed by atoms with Crippen LogP contribution in [0.15, 0.2) is 47.7 Å². The fourth-order valence-electron chi connectivity index (χ4n) is 2.23. The van der Waals surface area contributed by atoms with Crippen LogP contribution < -0.4 is 5.73 Å². The van der Waals surface area contributed by atoms with Crippen LogP contribution in [-0.4, -0.2) is 28.0 Å². The summed E-state index contributed by atoms with van der Waals surface area (Å²) in [6.07, 6.45) is 3.08. The first-order chi connectivity index (χ1) is 10.1. The molecule has 0 saturated heterocycles. The third kappa shape index (κ3) is 2.86. The Balaban J connectivity index is 2.61. The summed E-state index contributed by atoms with van der Waals surface area (Å²) in [7, 11) is 1.62. The van der Waals surface area contributed by atoms with Gasteiger partial charge in [0.2, 0.25) is 0 Å². The minimum Gasteiger partial charge on any atom is -0.508 e. The Morgan fingerprint density at radius 3 is 2.57 bits per heavy atom. The molecule has 0 fully saturated rings. The summed E-state index contributed by atoms with van der Waals surface area (Å²) >= 11 is 0. The van der Waals surface area contributed by atoms with Crippen molar-refractivity contribution in [2.24, 2.45) is 10.7 Å². The molecule has 1 aromatic carbocycles. The van der Waals surface area contributed by atoms with Crippen molar-refractivity contribution in [3.8, 4) is 11.5 Å². The number of hydrogen-bond acceptors (Lipinski definition) is 5. The van der Waals surface area contributed by atoms with Gasteiger partial charge in [-0.05, 0) is 30.7 Å². The van der Waals surface area contributed by atoms with Gasteiger partial charge >= 0.3 is 0 Å². The van der Waals surface area contributed by atoms with E-state index in [-0.39, 0.29) is 11.5 Å². The molecule has 2 rings (SSSR count). The molecule has 5 nitrogen and oxygen atoms in total. The van der Waals surface area contributed by atoms with Crippen LogP contribution in [0, 0.1) is 6.92 Å². The fourth-order valence-corrected chi connectivity index (χ4v) is 2.23. The number of pyridine rings is 1. The maximum atomic E-state index is 10.1. The van der Waals surface area contributed by atoms with E-state index in [1.807, 2.05) is 18.2 Å². The molecule has 0 aliphatic carbocycles. The van der Waals surface area contributed by atoms with Crippen LogP contribution in [0.1, 0.15) is 16.8 Å². The van der Waals surface area contributed by atoms with Crippen LogP contribution in [0.4, 0.5) is 0 Å². The van der Waals surface area contributed by atoms with Crippen molar-refractivity contribution < 1.29 is 10.2 Å². The Kier molecular flexibility index (Phi) is 4.23. The average molecular weight is 283 g/mol. The molecule has 108 valence electrons. The molecular weight excluding hydrogens is 266 g/mol. The smallest absolute Gasteiger partial charge is 0.128 e. The van der Waals surface area contributed by atoms with Crippen molar-refractivity contribution in [1.82, 2.24) is 4.98 Å². The largest absolute Gasteiger partial charge is 0.508 e. The van der Waals surface area contributed by atoms with Gasteiger partial charge in [0.25, 0.3) is 0 Å². The second kappa shape index (κ2) is 6.09. The Morgan fingerprint density at radius 2 is 2.05 bits per heavy atom. The van der Waals surface area contributed by atoms with Crippen molar-refractivity contribution in [1.29, 1.82) is 0 Å². The van der Waals surface area contributed by atoms with Crippen molar-refractivity contribution in [2.45, 2.75) is 6.92 Å². The van der Waals surface area contributed by atoms with Gasteiger partial charge in [-0.1, -0.05) is 6.07 Å². The molecule has 0 saturated carbocycles. The predicted octanol–water partition coefficient (Wildman–Crippen LogP) is 2.22. The molecule has 0 aliphatic rings. The lowest BCUT2D eigenvalue weighted by molar-refractivity contribution is 0.449. The number of phenolic OH excluding ortho intramolecular Hbond substituents is 2. The minimum absolute atomic E-state index is 0.000294. The monoisotopic (exact) mass is 283 g/mol. The predicted molar refractivity (Wildman–Crippen MR) is 83.4 cm³/mol. The number of aryl methyl sites for hydroxylation is 1. The number of aromatic hydroxyl groups is 2. The van der Waals surface area contributed by atoms with Crippen LogP contribution in [0.2, 0.25) is 0 Å². The molecule has 1 aromatic heterocycles. The van der Waals surface area contributed by atoms with E-state index < -0.39 is 0 Å². The van der Waals surface area contributed by atoms with Gasteiger partial charge < -0.3 is 15.9 Å². The van der Waals surface area contributed by atoms with Crippen molar-refractivity contribution in [3.05, 3.63) is 59.5 Å². The van der Waals surface area contributed by atoms with E-state index in [4.69, 9.17) is 5.73 Å². The molecule has 0 unspecified atom stereocenters. The van der Waals surface area contributed by atoms with Crippen LogP contribution in [0.3, 0.4) is 0 Å². The Bertz CT molecular complexity index is 684. The second-order valence-electron chi connectivity index (χ2n) is 4.52. The summed E-state index contributed by atoms with van der Waals surface area (Å²) in [6, 6.07) is 8.32. The first-order valence-corrected chi connectivity index (χ1v) is 6.42. The van der Waals surface area contributed by atoms with Crippen molar-refractivity contribution in [2.75, 3.05) is 7.05 Å². The lowest BCUT2D eigenvalue weighted by Gasteiger charge is -2.14. The SMILES string of the molecule is C/N=C(\C(=C/N)c1ccccn1)c1c(C)cc(O)cc1O. The number of rotatable bonds is 3. The van der Waals surface area contributed by atoms with Crippen LogP contribution in [0.25, 0.3) is 5.57 Å². The fraction of sp³-hybridized carbons (Fsp3) is 0.125. The topological polar surface area (TPSA) is 91.7 Å². The van der Waals surface area contributed by atoms with Gasteiger partial charge in [-0.25, -0.2) is 0 Å². The van der Waals surface area contributed by atoms with E-state index in [1.165, 1.54) is 12.3 Å². The number of aliphatic imine (C=N–C) groups is 1. The van der Waals surface area contributed by atoms with E-state index in [0.29, 0.717) is 28.1 Å². The Morgan fingerprint density at radius 1 is 1.29 bits per heavy atom. The highest BCUT2D eigenvalue weighted by molar-refractivity contribution is 6.32. The van der Waals surface area contributed by atoms with Gasteiger partial charge in [-0.2, -0.15) is 0 Å². The molecule has 0 aliphatic heterocycles. The highest BCUT2D eigenvalue weighted by atomic mass is 16.3. The third-order valence-electron chi connectivity index (χ3n) is 3.12. The number of hydrogen-bond donors (Lipinski definition) is 3. The molecule has 0 spiro atoms.